The molecule has 19 heavy (non-hydrogen) atoms. The molecular formula is C11H16ClN3O3S. The second kappa shape index (κ2) is 5.85. The molecule has 0 radical (unpaired) electrons. The van der Waals surface area contributed by atoms with E-state index < -0.39 is 22.0 Å². The summed E-state index contributed by atoms with van der Waals surface area (Å²) in [6, 6.07) is 0.414. The standard InChI is InChI=1S/C11H16ClN3O3S/c1-6(2)9(11(13)16)15-19(17,18)8-4-7(3)10(12)14-5-8/h4-6,9,15H,1-3H3,(H2,13,16). The van der Waals surface area contributed by atoms with Crippen LogP contribution in [0.15, 0.2) is 17.2 Å². The number of hydrogen-bond donors (Lipinski definition) is 2. The largest absolute Gasteiger partial charge is 0.368 e. The van der Waals surface area contributed by atoms with Crippen LogP contribution in [0.3, 0.4) is 0 Å². The van der Waals surface area contributed by atoms with E-state index in [4.69, 9.17) is 17.3 Å². The number of nitrogens with one attached hydrogen (secondary N) is 1. The first-order chi connectivity index (χ1) is 8.65. The molecule has 0 aliphatic carbocycles. The zero-order valence-electron chi connectivity index (χ0n) is 10.8. The summed E-state index contributed by atoms with van der Waals surface area (Å²) in [5, 5.41) is 0.231. The van der Waals surface area contributed by atoms with Crippen LogP contribution >= 0.6 is 11.6 Å². The fraction of sp³-hybridized carbons (Fsp3) is 0.455. The molecule has 1 aromatic heterocycles. The molecular weight excluding hydrogens is 290 g/mol. The highest BCUT2D eigenvalue weighted by Crippen LogP contribution is 2.17. The third-order valence-electron chi connectivity index (χ3n) is 2.55. The Kier molecular flexibility index (Phi) is 4.89. The number of nitrogens with zero attached hydrogens (tertiary/aromatic N) is 1. The molecule has 0 saturated heterocycles. The minimum atomic E-state index is -3.86. The van der Waals surface area contributed by atoms with Gasteiger partial charge in [0.25, 0.3) is 0 Å². The highest BCUT2D eigenvalue weighted by atomic mass is 35.5. The molecule has 3 N–H and O–H groups in total. The van der Waals surface area contributed by atoms with Crippen LogP contribution in [0.1, 0.15) is 19.4 Å². The van der Waals surface area contributed by atoms with Gasteiger partial charge in [-0.1, -0.05) is 25.4 Å². The van der Waals surface area contributed by atoms with E-state index in [1.807, 2.05) is 0 Å². The zero-order valence-corrected chi connectivity index (χ0v) is 12.4. The van der Waals surface area contributed by atoms with Gasteiger partial charge in [-0.25, -0.2) is 13.4 Å². The van der Waals surface area contributed by atoms with E-state index in [0.29, 0.717) is 5.56 Å². The lowest BCUT2D eigenvalue weighted by Crippen LogP contribution is -2.47. The summed E-state index contributed by atoms with van der Waals surface area (Å²) in [6.07, 6.45) is 1.13. The van der Waals surface area contributed by atoms with Crippen LogP contribution in [0.5, 0.6) is 0 Å². The first-order valence-electron chi connectivity index (χ1n) is 5.59. The van der Waals surface area contributed by atoms with Gasteiger partial charge in [-0.05, 0) is 24.5 Å². The molecule has 106 valence electrons. The van der Waals surface area contributed by atoms with Gasteiger partial charge in [0.15, 0.2) is 0 Å². The number of amides is 1. The molecule has 1 rings (SSSR count). The molecule has 0 bridgehead atoms. The number of rotatable bonds is 5. The third-order valence-corrected chi connectivity index (χ3v) is 4.36. The first-order valence-corrected chi connectivity index (χ1v) is 7.45. The summed E-state index contributed by atoms with van der Waals surface area (Å²) in [4.78, 5) is 14.9. The number of nitrogens with two attached hydrogens (primary N) is 1. The van der Waals surface area contributed by atoms with Crippen molar-refractivity contribution in [3.63, 3.8) is 0 Å². The molecule has 8 heteroatoms. The van der Waals surface area contributed by atoms with Gasteiger partial charge >= 0.3 is 0 Å². The number of hydrogen-bond acceptors (Lipinski definition) is 4. The van der Waals surface area contributed by atoms with Crippen LogP contribution in [0.4, 0.5) is 0 Å². The van der Waals surface area contributed by atoms with Crippen LogP contribution in [0, 0.1) is 12.8 Å². The average Bonchev–Trinajstić information content (AvgIpc) is 2.28. The maximum absolute atomic E-state index is 12.1. The molecule has 0 saturated carbocycles. The lowest BCUT2D eigenvalue weighted by Gasteiger charge is -2.18. The Morgan fingerprint density at radius 2 is 2.05 bits per heavy atom. The van der Waals surface area contributed by atoms with Crippen LogP contribution in [0.2, 0.25) is 5.15 Å². The summed E-state index contributed by atoms with van der Waals surface area (Å²) in [5.41, 5.74) is 5.71. The van der Waals surface area contributed by atoms with E-state index in [9.17, 15) is 13.2 Å². The Hall–Kier alpha value is -1.18. The van der Waals surface area contributed by atoms with Crippen LogP contribution in [-0.2, 0) is 14.8 Å². The van der Waals surface area contributed by atoms with Crippen molar-refractivity contribution in [2.24, 2.45) is 11.7 Å². The Bertz CT molecular complexity index is 587. The molecule has 6 nitrogen and oxygen atoms in total. The summed E-state index contributed by atoms with van der Waals surface area (Å²) in [7, 11) is -3.86. The highest BCUT2D eigenvalue weighted by Gasteiger charge is 2.27. The molecule has 0 fully saturated rings. The number of primary amides is 1. The van der Waals surface area contributed by atoms with Crippen molar-refractivity contribution in [3.8, 4) is 0 Å². The van der Waals surface area contributed by atoms with Crippen molar-refractivity contribution in [2.45, 2.75) is 31.7 Å². The van der Waals surface area contributed by atoms with Gasteiger partial charge in [0.1, 0.15) is 16.1 Å². The Labute approximate surface area is 117 Å². The molecule has 1 amide bonds. The van der Waals surface area contributed by atoms with Crippen molar-refractivity contribution in [3.05, 3.63) is 23.0 Å². The van der Waals surface area contributed by atoms with Crippen LogP contribution < -0.4 is 10.5 Å². The monoisotopic (exact) mass is 305 g/mol. The van der Waals surface area contributed by atoms with Gasteiger partial charge in [-0.15, -0.1) is 0 Å². The minimum absolute atomic E-state index is 0.0544. The quantitative estimate of drug-likeness (QED) is 0.787. The summed E-state index contributed by atoms with van der Waals surface area (Å²) in [5.74, 6) is -0.981. The predicted molar refractivity (Wildman–Crippen MR) is 72.1 cm³/mol. The van der Waals surface area contributed by atoms with Gasteiger partial charge < -0.3 is 5.73 Å². The summed E-state index contributed by atoms with van der Waals surface area (Å²) >= 11 is 5.74. The fourth-order valence-corrected chi connectivity index (χ4v) is 2.92. The van der Waals surface area contributed by atoms with E-state index in [0.717, 1.165) is 6.20 Å². The van der Waals surface area contributed by atoms with Crippen molar-refractivity contribution in [2.75, 3.05) is 0 Å². The molecule has 1 atom stereocenters. The van der Waals surface area contributed by atoms with E-state index in [-0.39, 0.29) is 16.0 Å². The van der Waals surface area contributed by atoms with Crippen molar-refractivity contribution in [1.29, 1.82) is 0 Å². The van der Waals surface area contributed by atoms with E-state index >= 15 is 0 Å². The number of halogens is 1. The molecule has 1 aromatic rings. The van der Waals surface area contributed by atoms with Crippen molar-refractivity contribution < 1.29 is 13.2 Å². The number of carbonyl (C=O) groups is 1. The smallest absolute Gasteiger partial charge is 0.242 e. The van der Waals surface area contributed by atoms with Gasteiger partial charge in [0.2, 0.25) is 15.9 Å². The topological polar surface area (TPSA) is 102 Å². The molecule has 0 spiro atoms. The zero-order chi connectivity index (χ0) is 14.8. The molecule has 1 unspecified atom stereocenters. The molecule has 1 heterocycles. The Balaban J connectivity index is 3.10. The molecule has 0 aliphatic rings. The van der Waals surface area contributed by atoms with E-state index in [1.54, 1.807) is 20.8 Å². The second-order valence-corrected chi connectivity index (χ2v) is 6.60. The fourth-order valence-electron chi connectivity index (χ4n) is 1.44. The van der Waals surface area contributed by atoms with Crippen molar-refractivity contribution >= 4 is 27.5 Å². The van der Waals surface area contributed by atoms with Gasteiger partial charge in [-0.3, -0.25) is 4.79 Å². The lowest BCUT2D eigenvalue weighted by molar-refractivity contribution is -0.120. The number of carbonyl (C=O) groups excluding carboxylic acids is 1. The van der Waals surface area contributed by atoms with E-state index in [1.165, 1.54) is 6.07 Å². The Morgan fingerprint density at radius 1 is 1.47 bits per heavy atom. The first kappa shape index (κ1) is 15.9. The number of sulfonamides is 1. The predicted octanol–water partition coefficient (Wildman–Crippen LogP) is 0.832. The molecule has 0 aliphatic heterocycles. The minimum Gasteiger partial charge on any atom is -0.368 e. The highest BCUT2D eigenvalue weighted by molar-refractivity contribution is 7.89. The number of aryl methyl sites for hydroxylation is 1. The number of aromatic nitrogens is 1. The number of pyridine rings is 1. The SMILES string of the molecule is Cc1cc(S(=O)(=O)NC(C(N)=O)C(C)C)cnc1Cl. The van der Waals surface area contributed by atoms with Gasteiger partial charge in [0, 0.05) is 6.20 Å². The lowest BCUT2D eigenvalue weighted by atomic mass is 10.1. The van der Waals surface area contributed by atoms with E-state index in [2.05, 4.69) is 9.71 Å². The van der Waals surface area contributed by atoms with Crippen LogP contribution in [-0.4, -0.2) is 25.4 Å². The normalized spacial score (nSPS) is 13.5. The second-order valence-electron chi connectivity index (χ2n) is 4.52. The maximum atomic E-state index is 12.1. The average molecular weight is 306 g/mol. The maximum Gasteiger partial charge on any atom is 0.242 e. The van der Waals surface area contributed by atoms with Crippen molar-refractivity contribution in [1.82, 2.24) is 9.71 Å². The molecule has 0 aromatic carbocycles. The third kappa shape index (κ3) is 3.89. The summed E-state index contributed by atoms with van der Waals surface area (Å²) < 4.78 is 26.5. The Morgan fingerprint density at radius 3 is 2.47 bits per heavy atom. The summed E-state index contributed by atoms with van der Waals surface area (Å²) in [6.45, 7) is 5.04. The van der Waals surface area contributed by atoms with Gasteiger partial charge in [0.05, 0.1) is 0 Å². The van der Waals surface area contributed by atoms with Gasteiger partial charge in [-0.2, -0.15) is 4.72 Å². The van der Waals surface area contributed by atoms with Crippen LogP contribution in [0.25, 0.3) is 0 Å².